The Morgan fingerprint density at radius 3 is 0.680 bits per heavy atom. The quantitative estimate of drug-likeness (QED) is 0.0697. The van der Waals surface area contributed by atoms with Gasteiger partial charge in [0, 0.05) is 0 Å². The molecule has 0 radical (unpaired) electrons. The highest BCUT2D eigenvalue weighted by atomic mass is 14.2. The highest BCUT2D eigenvalue weighted by molar-refractivity contribution is 6.26. The molecule has 0 aliphatic rings. The predicted octanol–water partition coefficient (Wildman–Crippen LogP) is 36.0. The van der Waals surface area contributed by atoms with Crippen LogP contribution in [0.15, 0.2) is 498 Å². The Bertz CT molecular complexity index is 7260. The van der Waals surface area contributed by atoms with E-state index in [1.54, 1.807) is 13.8 Å². The van der Waals surface area contributed by atoms with Gasteiger partial charge in [0.05, 0.1) is 0 Å². The van der Waals surface area contributed by atoms with E-state index in [1.165, 1.54) is 185 Å². The minimum absolute atomic E-state index is 1.26. The average Bonchev–Trinajstić information content (AvgIpc) is 0.757. The maximum Gasteiger partial charge on any atom is -0.00168 e. The van der Waals surface area contributed by atoms with Gasteiger partial charge >= 0.3 is 0 Å². The summed E-state index contributed by atoms with van der Waals surface area (Å²) >= 11 is 0. The predicted molar refractivity (Wildman–Crippen MR) is 564 cm³/mol. The lowest BCUT2D eigenvalue weighted by Crippen LogP contribution is -1.88. The standard InChI is InChI=1S/C30H20.C18H12.C18H14.C16H10.2C14H10.C6H10.C6H8.C6H6/c1-3-13-23-21(9-1)11-7-17-25(23)29-19-20-30(28-16-6-5-15-27(28)29)26-18-8-12-22-10-2-4-14-24(22)26;1-2-8-14-13(7-1)15-9-3-4-11-17(15)18-12-6-5-10-16(14)18;1-3-7-15(8-4-1)17-11-13-18(14-12-17)16-9-5-2-6-10-16;1-3-11-7-9-13-5-2-6-14-10-8-12(4-1)15(11)16(13)14;1-3-7-13-11(5-1)9-10-12-6-2-4-8-14(12)13;1-2-6-12-10-14-8-4-3-7-13(14)9-11(12)5-1;3*1-3-5-6-4-2/h1-20H;1-12H;1-14H;1-10H;2*1-10H;3-6H,1-2H3;3,5H,1-2H3;1-2H3. The van der Waals surface area contributed by atoms with Crippen molar-refractivity contribution in [2.24, 2.45) is 0 Å². The molecule has 0 amide bonds. The Balaban J connectivity index is 0.000000116. The lowest BCUT2D eigenvalue weighted by molar-refractivity contribution is 1.59. The Morgan fingerprint density at radius 1 is 0.164 bits per heavy atom. The highest BCUT2D eigenvalue weighted by Gasteiger charge is 2.15. The van der Waals surface area contributed by atoms with E-state index in [1.807, 2.05) is 76.3 Å². The molecule has 0 unspecified atom stereocenters. The molecule has 0 nitrogen and oxygen atoms in total. The lowest BCUT2D eigenvalue weighted by Gasteiger charge is -2.15. The first-order valence-electron chi connectivity index (χ1n) is 43.8. The first-order chi connectivity index (χ1) is 63.3. The van der Waals surface area contributed by atoms with Crippen molar-refractivity contribution in [1.29, 1.82) is 0 Å². The van der Waals surface area contributed by atoms with Crippen LogP contribution in [-0.2, 0) is 0 Å². The molecule has 0 aliphatic carbocycles. The fourth-order valence-corrected chi connectivity index (χ4v) is 16.7. The van der Waals surface area contributed by atoms with Crippen molar-refractivity contribution >= 4 is 140 Å². The van der Waals surface area contributed by atoms with E-state index in [9.17, 15) is 0 Å². The number of hydrogen-bond acceptors (Lipinski definition) is 0. The van der Waals surface area contributed by atoms with Crippen molar-refractivity contribution in [3.05, 3.63) is 498 Å². The molecule has 23 aromatic rings. The molecule has 0 aliphatic heterocycles. The van der Waals surface area contributed by atoms with E-state index in [-0.39, 0.29) is 0 Å². The third kappa shape index (κ3) is 20.9. The van der Waals surface area contributed by atoms with Crippen molar-refractivity contribution in [3.63, 3.8) is 0 Å². The zero-order chi connectivity index (χ0) is 87.9. The van der Waals surface area contributed by atoms with E-state index in [2.05, 4.69) is 484 Å². The van der Waals surface area contributed by atoms with Gasteiger partial charge < -0.3 is 0 Å². The molecule has 0 saturated heterocycles. The average molecular weight is 1640 g/mol. The topological polar surface area (TPSA) is 0 Å². The van der Waals surface area contributed by atoms with E-state index < -0.39 is 0 Å². The molecule has 23 aromatic carbocycles. The maximum atomic E-state index is 2.77. The molecule has 0 fully saturated rings. The first kappa shape index (κ1) is 86.5. The van der Waals surface area contributed by atoms with Gasteiger partial charge in [-0.15, -0.1) is 5.92 Å². The van der Waals surface area contributed by atoms with Crippen molar-refractivity contribution in [2.75, 3.05) is 0 Å². The van der Waals surface area contributed by atoms with E-state index >= 15 is 0 Å². The van der Waals surface area contributed by atoms with Gasteiger partial charge in [-0.25, -0.2) is 0 Å². The first-order valence-corrected chi connectivity index (χ1v) is 43.8. The van der Waals surface area contributed by atoms with Crippen LogP contribution in [0.1, 0.15) is 41.5 Å². The van der Waals surface area contributed by atoms with Gasteiger partial charge in [-0.2, -0.15) is 0 Å². The minimum Gasteiger partial charge on any atom is -0.102 e. The Hall–Kier alpha value is -16.4. The summed E-state index contributed by atoms with van der Waals surface area (Å²) in [7, 11) is 0. The molecular formula is C128H100. The molecule has 0 aromatic heterocycles. The number of benzene rings is 23. The molecule has 0 saturated carbocycles. The van der Waals surface area contributed by atoms with Crippen LogP contribution in [0.25, 0.3) is 185 Å². The smallest absolute Gasteiger partial charge is 0.00168 e. The molecule has 612 valence electrons. The summed E-state index contributed by atoms with van der Waals surface area (Å²) in [5, 5.41) is 34.4. The minimum atomic E-state index is 1.26. The monoisotopic (exact) mass is 1640 g/mol. The Kier molecular flexibility index (Phi) is 29.8. The molecule has 0 atom stereocenters. The van der Waals surface area contributed by atoms with Gasteiger partial charge in [0.15, 0.2) is 0 Å². The number of fused-ring (bicyclic) bond motifs is 14. The maximum absolute atomic E-state index is 2.77. The van der Waals surface area contributed by atoms with Crippen molar-refractivity contribution in [2.45, 2.75) is 41.5 Å². The zero-order valence-electron chi connectivity index (χ0n) is 73.3. The van der Waals surface area contributed by atoms with Gasteiger partial charge in [0.1, 0.15) is 0 Å². The molecule has 0 N–H and O–H groups in total. The summed E-state index contributed by atoms with van der Waals surface area (Å²) in [6.07, 6.45) is 11.7. The van der Waals surface area contributed by atoms with Crippen molar-refractivity contribution in [1.82, 2.24) is 0 Å². The van der Waals surface area contributed by atoms with Gasteiger partial charge in [0.25, 0.3) is 0 Å². The van der Waals surface area contributed by atoms with Crippen molar-refractivity contribution in [3.8, 4) is 80.0 Å². The van der Waals surface area contributed by atoms with Crippen LogP contribution < -0.4 is 0 Å². The summed E-state index contributed by atoms with van der Waals surface area (Å²) < 4.78 is 0. The molecule has 0 spiro atoms. The largest absolute Gasteiger partial charge is 0.102 e. The summed E-state index contributed by atoms with van der Waals surface area (Å²) in [6.45, 7) is 11.3. The van der Waals surface area contributed by atoms with Gasteiger partial charge in [-0.05, 0) is 256 Å². The van der Waals surface area contributed by atoms with Crippen LogP contribution in [-0.4, -0.2) is 0 Å². The normalized spacial score (nSPS) is 10.6. The molecule has 128 heavy (non-hydrogen) atoms. The van der Waals surface area contributed by atoms with Crippen LogP contribution >= 0.6 is 0 Å². The SMILES string of the molecule is CC#CC#CC.CC#CC=CC.CC=CC=CC.c1cc2ccc3cccc4ccc(c1)c2c34.c1ccc(-c2ccc(-c3ccccc3)cc2)cc1.c1ccc2c(-c3ccc(-c4cccc5ccccc45)c4ccccc34)cccc2c1.c1ccc2c(c1)c1ccccc1c1ccccc21.c1ccc2c(c1)ccc1ccccc12.c1ccc2cc3ccccc3cc2c1. The fourth-order valence-electron chi connectivity index (χ4n) is 16.7. The van der Waals surface area contributed by atoms with Crippen LogP contribution in [0.4, 0.5) is 0 Å². The van der Waals surface area contributed by atoms with Crippen LogP contribution in [0.2, 0.25) is 0 Å². The van der Waals surface area contributed by atoms with Crippen LogP contribution in [0, 0.1) is 35.5 Å². The third-order valence-electron chi connectivity index (χ3n) is 22.7. The van der Waals surface area contributed by atoms with Crippen LogP contribution in [0.3, 0.4) is 0 Å². The third-order valence-corrected chi connectivity index (χ3v) is 22.7. The molecule has 0 heterocycles. The zero-order valence-corrected chi connectivity index (χ0v) is 73.3. The summed E-state index contributed by atoms with van der Waals surface area (Å²) in [6, 6.07) is 164. The van der Waals surface area contributed by atoms with E-state index in [0.29, 0.717) is 0 Å². The fraction of sp³-hybridized carbons (Fsp3) is 0.0469. The molecular weight excluding hydrogens is 1540 g/mol. The summed E-state index contributed by atoms with van der Waals surface area (Å²) in [5.41, 5.74) is 10.2. The van der Waals surface area contributed by atoms with Gasteiger partial charge in [-0.3, -0.25) is 0 Å². The second-order valence-corrected chi connectivity index (χ2v) is 30.7. The number of hydrogen-bond donors (Lipinski definition) is 0. The van der Waals surface area contributed by atoms with Gasteiger partial charge in [0.2, 0.25) is 0 Å². The van der Waals surface area contributed by atoms with E-state index in [0.717, 1.165) is 0 Å². The number of allylic oxidation sites excluding steroid dienone is 6. The summed E-state index contributed by atoms with van der Waals surface area (Å²) in [4.78, 5) is 0. The lowest BCUT2D eigenvalue weighted by atomic mass is 9.89. The van der Waals surface area contributed by atoms with E-state index in [4.69, 9.17) is 0 Å². The highest BCUT2D eigenvalue weighted by Crippen LogP contribution is 2.42. The molecule has 23 rings (SSSR count). The number of rotatable bonds is 5. The second kappa shape index (κ2) is 44.1. The molecule has 0 heteroatoms. The Labute approximate surface area is 753 Å². The summed E-state index contributed by atoms with van der Waals surface area (Å²) in [5.74, 6) is 16.0. The van der Waals surface area contributed by atoms with Crippen molar-refractivity contribution < 1.29 is 0 Å². The Morgan fingerprint density at radius 2 is 0.391 bits per heavy atom. The van der Waals surface area contributed by atoms with Crippen LogP contribution in [0.5, 0.6) is 0 Å². The van der Waals surface area contributed by atoms with Gasteiger partial charge in [-0.1, -0.05) is 497 Å². The molecule has 0 bridgehead atoms. The second-order valence-electron chi connectivity index (χ2n) is 30.7.